The summed E-state index contributed by atoms with van der Waals surface area (Å²) in [7, 11) is 4.02. The SMILES string of the molecule is CN(C)c1ccccc1/C=C1\SC(N2CCCCC2)=NC1=O. The van der Waals surface area contributed by atoms with Crippen LogP contribution < -0.4 is 4.90 Å². The van der Waals surface area contributed by atoms with Crippen molar-refractivity contribution in [2.45, 2.75) is 19.3 Å². The van der Waals surface area contributed by atoms with Crippen LogP contribution in [0.15, 0.2) is 34.2 Å². The fraction of sp³-hybridized carbons (Fsp3) is 0.412. The van der Waals surface area contributed by atoms with Crippen LogP contribution in [-0.4, -0.2) is 43.2 Å². The van der Waals surface area contributed by atoms with E-state index in [0.29, 0.717) is 0 Å². The molecule has 0 unspecified atom stereocenters. The summed E-state index contributed by atoms with van der Waals surface area (Å²) >= 11 is 1.51. The Hall–Kier alpha value is -1.75. The summed E-state index contributed by atoms with van der Waals surface area (Å²) in [6, 6.07) is 8.10. The summed E-state index contributed by atoms with van der Waals surface area (Å²) in [6.45, 7) is 2.03. The minimum Gasteiger partial charge on any atom is -0.377 e. The molecule has 116 valence electrons. The molecule has 0 aromatic heterocycles. The summed E-state index contributed by atoms with van der Waals surface area (Å²) in [5, 5.41) is 0.873. The van der Waals surface area contributed by atoms with E-state index in [0.717, 1.165) is 34.4 Å². The first-order valence-corrected chi connectivity index (χ1v) is 8.50. The van der Waals surface area contributed by atoms with Crippen LogP contribution in [0.2, 0.25) is 0 Å². The average molecular weight is 315 g/mol. The van der Waals surface area contributed by atoms with E-state index in [2.05, 4.69) is 20.9 Å². The third kappa shape index (κ3) is 3.19. The predicted molar refractivity (Wildman–Crippen MR) is 94.2 cm³/mol. The molecular weight excluding hydrogens is 294 g/mol. The number of aliphatic imine (C=N–C) groups is 1. The van der Waals surface area contributed by atoms with Crippen molar-refractivity contribution in [2.75, 3.05) is 32.1 Å². The smallest absolute Gasteiger partial charge is 0.286 e. The van der Waals surface area contributed by atoms with Gasteiger partial charge in [0.15, 0.2) is 5.17 Å². The maximum atomic E-state index is 12.2. The first-order valence-electron chi connectivity index (χ1n) is 7.69. The van der Waals surface area contributed by atoms with Gasteiger partial charge in [-0.15, -0.1) is 0 Å². The van der Waals surface area contributed by atoms with Gasteiger partial charge < -0.3 is 9.80 Å². The Kier molecular flexibility index (Phi) is 4.52. The highest BCUT2D eigenvalue weighted by atomic mass is 32.2. The Morgan fingerprint density at radius 2 is 1.91 bits per heavy atom. The van der Waals surface area contributed by atoms with E-state index in [1.54, 1.807) is 0 Å². The van der Waals surface area contributed by atoms with Crippen molar-refractivity contribution in [1.29, 1.82) is 0 Å². The van der Waals surface area contributed by atoms with Gasteiger partial charge in [0.05, 0.1) is 4.91 Å². The summed E-state index contributed by atoms with van der Waals surface area (Å²) in [5.74, 6) is -0.112. The predicted octanol–water partition coefficient (Wildman–Crippen LogP) is 3.21. The maximum absolute atomic E-state index is 12.2. The number of thioether (sulfide) groups is 1. The van der Waals surface area contributed by atoms with Crippen molar-refractivity contribution in [1.82, 2.24) is 4.90 Å². The number of likely N-dealkylation sites (tertiary alicyclic amines) is 1. The lowest BCUT2D eigenvalue weighted by Gasteiger charge is -2.27. The molecule has 2 heterocycles. The van der Waals surface area contributed by atoms with Gasteiger partial charge in [0.25, 0.3) is 5.91 Å². The van der Waals surface area contributed by atoms with E-state index < -0.39 is 0 Å². The van der Waals surface area contributed by atoms with E-state index >= 15 is 0 Å². The number of hydrogen-bond donors (Lipinski definition) is 0. The van der Waals surface area contributed by atoms with E-state index in [4.69, 9.17) is 0 Å². The summed E-state index contributed by atoms with van der Waals surface area (Å²) in [5.41, 5.74) is 2.16. The zero-order valence-electron chi connectivity index (χ0n) is 13.1. The quantitative estimate of drug-likeness (QED) is 0.785. The second-order valence-electron chi connectivity index (χ2n) is 5.81. The summed E-state index contributed by atoms with van der Waals surface area (Å²) in [6.07, 6.45) is 5.62. The summed E-state index contributed by atoms with van der Waals surface area (Å²) in [4.78, 5) is 21.5. The second-order valence-corrected chi connectivity index (χ2v) is 6.82. The van der Waals surface area contributed by atoms with Crippen molar-refractivity contribution in [3.63, 3.8) is 0 Å². The van der Waals surface area contributed by atoms with Crippen molar-refractivity contribution < 1.29 is 4.79 Å². The molecule has 0 aliphatic carbocycles. The van der Waals surface area contributed by atoms with Crippen molar-refractivity contribution in [2.24, 2.45) is 4.99 Å². The van der Waals surface area contributed by atoms with Gasteiger partial charge in [-0.3, -0.25) is 4.79 Å². The number of carbonyl (C=O) groups is 1. The third-order valence-electron chi connectivity index (χ3n) is 3.94. The van der Waals surface area contributed by atoms with Gasteiger partial charge in [0.2, 0.25) is 0 Å². The number of anilines is 1. The van der Waals surface area contributed by atoms with E-state index in [-0.39, 0.29) is 5.91 Å². The molecule has 1 saturated heterocycles. The topological polar surface area (TPSA) is 35.9 Å². The van der Waals surface area contributed by atoms with Gasteiger partial charge in [-0.1, -0.05) is 18.2 Å². The lowest BCUT2D eigenvalue weighted by atomic mass is 10.1. The molecule has 2 aliphatic rings. The van der Waals surface area contributed by atoms with Gasteiger partial charge in [-0.05, 0) is 48.7 Å². The van der Waals surface area contributed by atoms with Gasteiger partial charge in [0.1, 0.15) is 0 Å². The van der Waals surface area contributed by atoms with Gasteiger partial charge in [-0.2, -0.15) is 4.99 Å². The highest BCUT2D eigenvalue weighted by Crippen LogP contribution is 2.33. The fourth-order valence-corrected chi connectivity index (χ4v) is 3.73. The number of nitrogens with zero attached hydrogens (tertiary/aromatic N) is 3. The van der Waals surface area contributed by atoms with Crippen LogP contribution in [0.4, 0.5) is 5.69 Å². The van der Waals surface area contributed by atoms with Crippen molar-refractivity contribution >= 4 is 34.6 Å². The second kappa shape index (κ2) is 6.57. The van der Waals surface area contributed by atoms with E-state index in [1.807, 2.05) is 38.4 Å². The van der Waals surface area contributed by atoms with Gasteiger partial charge in [0, 0.05) is 32.9 Å². The third-order valence-corrected chi connectivity index (χ3v) is 4.99. The Balaban J connectivity index is 1.81. The molecule has 0 saturated carbocycles. The molecule has 5 heteroatoms. The van der Waals surface area contributed by atoms with Crippen LogP contribution >= 0.6 is 11.8 Å². The lowest BCUT2D eigenvalue weighted by Crippen LogP contribution is -2.33. The Morgan fingerprint density at radius 1 is 1.18 bits per heavy atom. The maximum Gasteiger partial charge on any atom is 0.286 e. The summed E-state index contributed by atoms with van der Waals surface area (Å²) < 4.78 is 0. The van der Waals surface area contributed by atoms with Gasteiger partial charge in [-0.25, -0.2) is 0 Å². The van der Waals surface area contributed by atoms with Crippen LogP contribution in [0, 0.1) is 0 Å². The Morgan fingerprint density at radius 3 is 2.64 bits per heavy atom. The van der Waals surface area contributed by atoms with E-state index in [1.165, 1.54) is 31.0 Å². The Labute approximate surface area is 135 Å². The molecule has 0 N–H and O–H groups in total. The zero-order chi connectivity index (χ0) is 15.5. The molecule has 1 fully saturated rings. The molecule has 2 aliphatic heterocycles. The number of rotatable bonds is 2. The standard InChI is InChI=1S/C17H21N3OS/c1-19(2)14-9-5-4-8-13(14)12-15-16(21)18-17(22-15)20-10-6-3-7-11-20/h4-5,8-9,12H,3,6-7,10-11H2,1-2H3/b15-12-. The number of benzene rings is 1. The molecule has 0 atom stereocenters. The van der Waals surface area contributed by atoms with Crippen molar-refractivity contribution in [3.8, 4) is 0 Å². The highest BCUT2D eigenvalue weighted by molar-refractivity contribution is 8.18. The fourth-order valence-electron chi connectivity index (χ4n) is 2.78. The van der Waals surface area contributed by atoms with Crippen LogP contribution in [0.1, 0.15) is 24.8 Å². The number of piperidine rings is 1. The van der Waals surface area contributed by atoms with E-state index in [9.17, 15) is 4.79 Å². The zero-order valence-corrected chi connectivity index (χ0v) is 13.9. The monoisotopic (exact) mass is 315 g/mol. The molecule has 22 heavy (non-hydrogen) atoms. The molecule has 0 bridgehead atoms. The first kappa shape index (κ1) is 15.2. The average Bonchev–Trinajstić information content (AvgIpc) is 2.90. The largest absolute Gasteiger partial charge is 0.377 e. The molecule has 0 radical (unpaired) electrons. The molecule has 1 aromatic carbocycles. The van der Waals surface area contributed by atoms with Gasteiger partial charge >= 0.3 is 0 Å². The van der Waals surface area contributed by atoms with Crippen LogP contribution in [-0.2, 0) is 4.79 Å². The molecule has 3 rings (SSSR count). The van der Waals surface area contributed by atoms with Crippen LogP contribution in [0.5, 0.6) is 0 Å². The number of para-hydroxylation sites is 1. The molecule has 4 nitrogen and oxygen atoms in total. The van der Waals surface area contributed by atoms with Crippen LogP contribution in [0.25, 0.3) is 6.08 Å². The minimum atomic E-state index is -0.112. The molecular formula is C17H21N3OS. The highest BCUT2D eigenvalue weighted by Gasteiger charge is 2.27. The normalized spacial score (nSPS) is 20.5. The molecule has 0 spiro atoms. The van der Waals surface area contributed by atoms with Crippen LogP contribution in [0.3, 0.4) is 0 Å². The number of amides is 1. The Bertz CT molecular complexity index is 631. The number of amidine groups is 1. The number of carbonyl (C=O) groups excluding carboxylic acids is 1. The number of hydrogen-bond acceptors (Lipinski definition) is 4. The minimum absolute atomic E-state index is 0.112. The molecule has 1 aromatic rings. The lowest BCUT2D eigenvalue weighted by molar-refractivity contribution is -0.113. The molecule has 1 amide bonds. The first-order chi connectivity index (χ1) is 10.6. The van der Waals surface area contributed by atoms with Crippen molar-refractivity contribution in [3.05, 3.63) is 34.7 Å².